The highest BCUT2D eigenvalue weighted by Gasteiger charge is 2.63. The fraction of sp³-hybridized carbons (Fsp3) is 0.138. The van der Waals surface area contributed by atoms with Gasteiger partial charge in [0.05, 0.1) is 14.2 Å². The third kappa shape index (κ3) is 3.09. The molecule has 0 aromatic heterocycles. The van der Waals surface area contributed by atoms with Gasteiger partial charge in [-0.1, -0.05) is 59.8 Å². The van der Waals surface area contributed by atoms with Gasteiger partial charge in [0.1, 0.15) is 11.6 Å². The molecule has 7 nitrogen and oxygen atoms in total. The lowest BCUT2D eigenvalue weighted by Gasteiger charge is -2.27. The number of nitrogens with one attached hydrogen (secondary N) is 1. The molecular weight excluding hydrogens is 456 g/mol. The minimum Gasteiger partial charge on any atom is -0.493 e. The Kier molecular flexibility index (Phi) is 5.00. The van der Waals surface area contributed by atoms with Gasteiger partial charge < -0.3 is 19.6 Å². The van der Waals surface area contributed by atoms with E-state index in [0.29, 0.717) is 39.6 Å². The molecule has 1 spiro atoms. The molecule has 0 bridgehead atoms. The van der Waals surface area contributed by atoms with E-state index in [1.807, 2.05) is 48.5 Å². The van der Waals surface area contributed by atoms with Crippen molar-refractivity contribution < 1.29 is 23.9 Å². The largest absolute Gasteiger partial charge is 0.493 e. The van der Waals surface area contributed by atoms with Gasteiger partial charge in [-0.25, -0.2) is 0 Å². The van der Waals surface area contributed by atoms with Crippen molar-refractivity contribution in [2.45, 2.75) is 5.60 Å². The number of Topliss-reactive ketones (excluding diaryl/α,β-unsaturated/α-hetero) is 1. The number of hydrogen-bond donors (Lipinski definition) is 1. The topological polar surface area (TPSA) is 86.2 Å². The highest BCUT2D eigenvalue weighted by molar-refractivity contribution is 6.25. The Morgan fingerprint density at radius 1 is 0.889 bits per heavy atom. The van der Waals surface area contributed by atoms with Crippen LogP contribution in [0.3, 0.4) is 0 Å². The van der Waals surface area contributed by atoms with E-state index in [1.165, 1.54) is 7.11 Å². The summed E-state index contributed by atoms with van der Waals surface area (Å²) in [6.45, 7) is 0. The SMILES string of the molecule is COc1ccc(C2=NO[C@]3(C(=O)Nc4ccccc43)[C@H]2C(=O)c2ccc3ccccc3c2)cc1OC. The van der Waals surface area contributed by atoms with E-state index in [1.54, 1.807) is 43.5 Å². The quantitative estimate of drug-likeness (QED) is 0.411. The summed E-state index contributed by atoms with van der Waals surface area (Å²) in [7, 11) is 3.09. The Morgan fingerprint density at radius 3 is 2.44 bits per heavy atom. The zero-order chi connectivity index (χ0) is 24.9. The number of nitrogens with zero attached hydrogens (tertiary/aromatic N) is 1. The van der Waals surface area contributed by atoms with Crippen molar-refractivity contribution in [2.24, 2.45) is 11.1 Å². The predicted molar refractivity (Wildman–Crippen MR) is 136 cm³/mol. The van der Waals surface area contributed by atoms with Gasteiger partial charge in [-0.15, -0.1) is 0 Å². The fourth-order valence-electron chi connectivity index (χ4n) is 5.08. The first-order chi connectivity index (χ1) is 17.6. The third-order valence-electron chi connectivity index (χ3n) is 6.86. The molecule has 0 fully saturated rings. The van der Waals surface area contributed by atoms with Gasteiger partial charge in [0.15, 0.2) is 17.3 Å². The summed E-state index contributed by atoms with van der Waals surface area (Å²) in [5.74, 6) is -0.704. The zero-order valence-corrected chi connectivity index (χ0v) is 19.6. The Hall–Kier alpha value is -4.65. The highest BCUT2D eigenvalue weighted by atomic mass is 16.7. The smallest absolute Gasteiger partial charge is 0.277 e. The van der Waals surface area contributed by atoms with Crippen LogP contribution in [0.4, 0.5) is 5.69 Å². The van der Waals surface area contributed by atoms with Crippen LogP contribution in [0.15, 0.2) is 90.1 Å². The Balaban J connectivity index is 1.53. The number of carbonyl (C=O) groups is 2. The second-order valence-electron chi connectivity index (χ2n) is 8.73. The Bertz CT molecular complexity index is 1580. The van der Waals surface area contributed by atoms with Crippen LogP contribution in [0.25, 0.3) is 10.8 Å². The molecule has 6 rings (SSSR count). The number of fused-ring (bicyclic) bond motifs is 3. The van der Waals surface area contributed by atoms with Crippen molar-refractivity contribution in [3.63, 3.8) is 0 Å². The molecule has 0 unspecified atom stereocenters. The first kappa shape index (κ1) is 21.9. The molecule has 0 saturated heterocycles. The number of oxime groups is 1. The van der Waals surface area contributed by atoms with E-state index in [9.17, 15) is 9.59 Å². The number of carbonyl (C=O) groups excluding carboxylic acids is 2. The molecule has 1 amide bonds. The lowest BCUT2D eigenvalue weighted by atomic mass is 9.74. The van der Waals surface area contributed by atoms with Crippen LogP contribution < -0.4 is 14.8 Å². The Morgan fingerprint density at radius 2 is 1.64 bits per heavy atom. The van der Waals surface area contributed by atoms with E-state index in [-0.39, 0.29) is 5.78 Å². The number of benzene rings is 4. The van der Waals surface area contributed by atoms with E-state index in [0.717, 1.165) is 10.8 Å². The van der Waals surface area contributed by atoms with Crippen LogP contribution in [0.2, 0.25) is 0 Å². The van der Waals surface area contributed by atoms with Gasteiger partial charge >= 0.3 is 0 Å². The maximum absolute atomic E-state index is 14.3. The van der Waals surface area contributed by atoms with Crippen LogP contribution in [-0.4, -0.2) is 31.6 Å². The zero-order valence-electron chi connectivity index (χ0n) is 19.6. The number of rotatable bonds is 5. The van der Waals surface area contributed by atoms with E-state index in [2.05, 4.69) is 10.5 Å². The summed E-state index contributed by atoms with van der Waals surface area (Å²) in [5, 5.41) is 9.17. The molecule has 36 heavy (non-hydrogen) atoms. The van der Waals surface area contributed by atoms with Crippen molar-refractivity contribution in [3.05, 3.63) is 102 Å². The molecule has 2 heterocycles. The molecule has 4 aromatic rings. The third-order valence-corrected chi connectivity index (χ3v) is 6.86. The second-order valence-corrected chi connectivity index (χ2v) is 8.73. The van der Waals surface area contributed by atoms with Gasteiger partial charge in [-0.2, -0.15) is 0 Å². The van der Waals surface area contributed by atoms with Gasteiger partial charge in [0.2, 0.25) is 0 Å². The monoisotopic (exact) mass is 478 g/mol. The van der Waals surface area contributed by atoms with Gasteiger partial charge in [-0.05, 0) is 41.1 Å². The number of ether oxygens (including phenoxy) is 2. The molecule has 2 atom stereocenters. The number of hydrogen-bond acceptors (Lipinski definition) is 6. The number of anilines is 1. The molecule has 2 aliphatic rings. The van der Waals surface area contributed by atoms with Crippen molar-refractivity contribution >= 4 is 33.9 Å². The number of methoxy groups -OCH3 is 2. The summed E-state index contributed by atoms with van der Waals surface area (Å²) in [6.07, 6.45) is 0. The molecule has 0 saturated carbocycles. The summed E-state index contributed by atoms with van der Waals surface area (Å²) in [6, 6.07) is 25.8. The second kappa shape index (κ2) is 8.23. The molecule has 0 radical (unpaired) electrons. The van der Waals surface area contributed by atoms with Crippen LogP contribution >= 0.6 is 0 Å². The van der Waals surface area contributed by atoms with Gasteiger partial charge in [-0.3, -0.25) is 9.59 Å². The Labute approximate surface area is 207 Å². The van der Waals surface area contributed by atoms with E-state index in [4.69, 9.17) is 14.3 Å². The lowest BCUT2D eigenvalue weighted by molar-refractivity contribution is -0.140. The maximum Gasteiger partial charge on any atom is 0.277 e. The lowest BCUT2D eigenvalue weighted by Crippen LogP contribution is -2.46. The van der Waals surface area contributed by atoms with Crippen molar-refractivity contribution in [1.29, 1.82) is 0 Å². The molecular formula is C29H22N2O5. The first-order valence-electron chi connectivity index (χ1n) is 11.5. The first-order valence-corrected chi connectivity index (χ1v) is 11.5. The van der Waals surface area contributed by atoms with Gasteiger partial charge in [0, 0.05) is 22.4 Å². The summed E-state index contributed by atoms with van der Waals surface area (Å²) in [5.41, 5.74) is 0.966. The van der Waals surface area contributed by atoms with Crippen molar-refractivity contribution in [3.8, 4) is 11.5 Å². The van der Waals surface area contributed by atoms with Crippen LogP contribution in [0.5, 0.6) is 11.5 Å². The minimum absolute atomic E-state index is 0.265. The van der Waals surface area contributed by atoms with E-state index < -0.39 is 17.4 Å². The molecule has 2 aliphatic heterocycles. The van der Waals surface area contributed by atoms with Gasteiger partial charge in [0.25, 0.3) is 11.5 Å². The van der Waals surface area contributed by atoms with Crippen LogP contribution in [0.1, 0.15) is 21.5 Å². The molecule has 1 N–H and O–H groups in total. The predicted octanol–water partition coefficient (Wildman–Crippen LogP) is 4.94. The number of amides is 1. The fourth-order valence-corrected chi connectivity index (χ4v) is 5.08. The van der Waals surface area contributed by atoms with Crippen LogP contribution in [-0.2, 0) is 15.2 Å². The van der Waals surface area contributed by atoms with Crippen molar-refractivity contribution in [2.75, 3.05) is 19.5 Å². The summed E-state index contributed by atoms with van der Waals surface area (Å²) >= 11 is 0. The molecule has 0 aliphatic carbocycles. The highest BCUT2D eigenvalue weighted by Crippen LogP contribution is 2.50. The maximum atomic E-state index is 14.3. The molecule has 7 heteroatoms. The summed E-state index contributed by atoms with van der Waals surface area (Å²) < 4.78 is 10.8. The average molecular weight is 479 g/mol. The minimum atomic E-state index is -1.62. The van der Waals surface area contributed by atoms with Crippen molar-refractivity contribution in [1.82, 2.24) is 0 Å². The molecule has 4 aromatic carbocycles. The number of para-hydroxylation sites is 1. The number of ketones is 1. The summed E-state index contributed by atoms with van der Waals surface area (Å²) in [4.78, 5) is 33.7. The van der Waals surface area contributed by atoms with Crippen LogP contribution in [0, 0.1) is 5.92 Å². The van der Waals surface area contributed by atoms with E-state index >= 15 is 0 Å². The molecule has 178 valence electrons. The normalized spacial score (nSPS) is 20.0. The standard InChI is InChI=1S/C29H22N2O5/c1-34-23-14-13-19(16-24(23)35-2)26-25(27(32)20-12-11-17-7-3-4-8-18(17)15-20)29(36-31-26)21-9-5-6-10-22(21)30-28(29)33/h3-16,25H,1-2H3,(H,30,33)/t25-,29+/m1/s1. The average Bonchev–Trinajstić information content (AvgIpc) is 3.46.